The summed E-state index contributed by atoms with van der Waals surface area (Å²) >= 11 is 0. The van der Waals surface area contributed by atoms with E-state index in [1.165, 1.54) is 6.42 Å². The molecule has 0 aliphatic heterocycles. The van der Waals surface area contributed by atoms with Crippen molar-refractivity contribution in [2.75, 3.05) is 19.7 Å². The van der Waals surface area contributed by atoms with Gasteiger partial charge in [0, 0.05) is 12.6 Å². The topological polar surface area (TPSA) is 29.5 Å². The molecule has 3 nitrogen and oxygen atoms in total. The molecule has 0 amide bonds. The zero-order chi connectivity index (χ0) is 12.6. The molecule has 2 atom stereocenters. The molecule has 0 fully saturated rings. The number of hydrogen-bond acceptors (Lipinski definition) is 3. The second-order valence-electron chi connectivity index (χ2n) is 4.46. The van der Waals surface area contributed by atoms with Crippen LogP contribution in [0.5, 0.6) is 0 Å². The Morgan fingerprint density at radius 3 is 2.31 bits per heavy atom. The molecule has 0 saturated heterocycles. The predicted molar refractivity (Wildman–Crippen MR) is 67.4 cm³/mol. The number of carbonyl (C=O) groups is 1. The molecule has 0 spiro atoms. The lowest BCUT2D eigenvalue weighted by Gasteiger charge is -2.29. The fourth-order valence-electron chi connectivity index (χ4n) is 1.74. The molecule has 96 valence electrons. The molecule has 0 aromatic heterocycles. The van der Waals surface area contributed by atoms with Gasteiger partial charge in [0.05, 0.1) is 13.0 Å². The van der Waals surface area contributed by atoms with Crippen molar-refractivity contribution in [3.63, 3.8) is 0 Å². The van der Waals surface area contributed by atoms with E-state index in [0.717, 1.165) is 13.1 Å². The first kappa shape index (κ1) is 15.4. The van der Waals surface area contributed by atoms with Gasteiger partial charge in [0.1, 0.15) is 0 Å². The van der Waals surface area contributed by atoms with Crippen LogP contribution in [-0.4, -0.2) is 36.6 Å². The maximum atomic E-state index is 11.4. The Bertz CT molecular complexity index is 194. The maximum Gasteiger partial charge on any atom is 0.307 e. The van der Waals surface area contributed by atoms with Crippen LogP contribution >= 0.6 is 0 Å². The summed E-state index contributed by atoms with van der Waals surface area (Å²) in [5, 5.41) is 0. The molecule has 0 aliphatic rings. The largest absolute Gasteiger partial charge is 0.466 e. The lowest BCUT2D eigenvalue weighted by Crippen LogP contribution is -2.37. The van der Waals surface area contributed by atoms with E-state index in [1.54, 1.807) is 0 Å². The van der Waals surface area contributed by atoms with Gasteiger partial charge < -0.3 is 9.64 Å². The lowest BCUT2D eigenvalue weighted by atomic mass is 10.1. The van der Waals surface area contributed by atoms with E-state index in [9.17, 15) is 4.79 Å². The molecule has 2 unspecified atom stereocenters. The standard InChI is InChI=1S/C13H27NO2/c1-6-11(4)10-14(7-2)12(5)9-13(15)16-8-3/h11-12H,6-10H2,1-5H3. The van der Waals surface area contributed by atoms with Crippen molar-refractivity contribution in [2.45, 2.75) is 53.5 Å². The number of hydrogen-bond donors (Lipinski definition) is 0. The summed E-state index contributed by atoms with van der Waals surface area (Å²) in [5.41, 5.74) is 0. The average Bonchev–Trinajstić information content (AvgIpc) is 2.25. The fraction of sp³-hybridized carbons (Fsp3) is 0.923. The second kappa shape index (κ2) is 8.57. The molecule has 0 radical (unpaired) electrons. The van der Waals surface area contributed by atoms with Crippen LogP contribution < -0.4 is 0 Å². The van der Waals surface area contributed by atoms with Gasteiger partial charge >= 0.3 is 5.97 Å². The molecule has 0 rings (SSSR count). The molecular formula is C13H27NO2. The molecule has 0 heterocycles. The van der Waals surface area contributed by atoms with Crippen molar-refractivity contribution in [3.05, 3.63) is 0 Å². The van der Waals surface area contributed by atoms with Crippen molar-refractivity contribution in [1.29, 1.82) is 0 Å². The molecule has 0 aromatic rings. The quantitative estimate of drug-likeness (QED) is 0.599. The number of rotatable bonds is 8. The molecular weight excluding hydrogens is 202 g/mol. The van der Waals surface area contributed by atoms with Crippen LogP contribution in [0.15, 0.2) is 0 Å². The van der Waals surface area contributed by atoms with Crippen LogP contribution in [0.25, 0.3) is 0 Å². The first-order valence-electron chi connectivity index (χ1n) is 6.44. The first-order valence-corrected chi connectivity index (χ1v) is 6.44. The van der Waals surface area contributed by atoms with Gasteiger partial charge in [0.15, 0.2) is 0 Å². The van der Waals surface area contributed by atoms with E-state index in [1.807, 2.05) is 6.92 Å². The molecule has 0 bridgehead atoms. The van der Waals surface area contributed by atoms with Crippen LogP contribution in [0.3, 0.4) is 0 Å². The summed E-state index contributed by atoms with van der Waals surface area (Å²) in [6.07, 6.45) is 1.68. The van der Waals surface area contributed by atoms with Crippen LogP contribution in [0.4, 0.5) is 0 Å². The van der Waals surface area contributed by atoms with Gasteiger partial charge in [-0.25, -0.2) is 0 Å². The third-order valence-electron chi connectivity index (χ3n) is 3.04. The second-order valence-corrected chi connectivity index (χ2v) is 4.46. The summed E-state index contributed by atoms with van der Waals surface area (Å²) in [6.45, 7) is 13.1. The summed E-state index contributed by atoms with van der Waals surface area (Å²) in [6, 6.07) is 0.276. The fourth-order valence-corrected chi connectivity index (χ4v) is 1.74. The summed E-state index contributed by atoms with van der Waals surface area (Å²) in [7, 11) is 0. The Morgan fingerprint density at radius 2 is 1.88 bits per heavy atom. The minimum absolute atomic E-state index is 0.0856. The average molecular weight is 229 g/mol. The molecule has 0 aliphatic carbocycles. The summed E-state index contributed by atoms with van der Waals surface area (Å²) in [5.74, 6) is 0.599. The normalized spacial score (nSPS) is 14.9. The predicted octanol–water partition coefficient (Wildman–Crippen LogP) is 2.70. The number of carbonyl (C=O) groups excluding carboxylic acids is 1. The van der Waals surface area contributed by atoms with E-state index >= 15 is 0 Å². The lowest BCUT2D eigenvalue weighted by molar-refractivity contribution is -0.144. The number of nitrogens with zero attached hydrogens (tertiary/aromatic N) is 1. The summed E-state index contributed by atoms with van der Waals surface area (Å²) in [4.78, 5) is 13.7. The van der Waals surface area contributed by atoms with Crippen LogP contribution in [0.1, 0.15) is 47.5 Å². The Balaban J connectivity index is 4.09. The monoisotopic (exact) mass is 229 g/mol. The third-order valence-corrected chi connectivity index (χ3v) is 3.04. The van der Waals surface area contributed by atoms with Crippen molar-refractivity contribution in [3.8, 4) is 0 Å². The molecule has 0 saturated carbocycles. The Morgan fingerprint density at radius 1 is 1.25 bits per heavy atom. The van der Waals surface area contributed by atoms with Gasteiger partial charge in [-0.15, -0.1) is 0 Å². The number of esters is 1. The zero-order valence-corrected chi connectivity index (χ0v) is 11.5. The molecule has 3 heteroatoms. The molecule has 16 heavy (non-hydrogen) atoms. The van der Waals surface area contributed by atoms with Gasteiger partial charge in [0.25, 0.3) is 0 Å². The number of ether oxygens (including phenoxy) is 1. The van der Waals surface area contributed by atoms with Crippen molar-refractivity contribution >= 4 is 5.97 Å². The third kappa shape index (κ3) is 6.11. The van der Waals surface area contributed by atoms with Crippen LogP contribution in [0, 0.1) is 5.92 Å². The van der Waals surface area contributed by atoms with E-state index in [-0.39, 0.29) is 12.0 Å². The van der Waals surface area contributed by atoms with Crippen molar-refractivity contribution in [2.24, 2.45) is 5.92 Å². The Labute approximate surface area is 100 Å². The molecule has 0 N–H and O–H groups in total. The van der Waals surface area contributed by atoms with Gasteiger partial charge in [-0.3, -0.25) is 4.79 Å². The minimum atomic E-state index is -0.0856. The highest BCUT2D eigenvalue weighted by molar-refractivity contribution is 5.70. The SMILES string of the molecule is CCOC(=O)CC(C)N(CC)CC(C)CC. The van der Waals surface area contributed by atoms with Gasteiger partial charge in [-0.2, -0.15) is 0 Å². The Hall–Kier alpha value is -0.570. The maximum absolute atomic E-state index is 11.4. The van der Waals surface area contributed by atoms with Gasteiger partial charge in [-0.05, 0) is 26.3 Å². The summed E-state index contributed by atoms with van der Waals surface area (Å²) < 4.78 is 4.97. The smallest absolute Gasteiger partial charge is 0.307 e. The first-order chi connectivity index (χ1) is 7.54. The van der Waals surface area contributed by atoms with Crippen molar-refractivity contribution in [1.82, 2.24) is 4.90 Å². The van der Waals surface area contributed by atoms with E-state index in [4.69, 9.17) is 4.74 Å². The zero-order valence-electron chi connectivity index (χ0n) is 11.5. The van der Waals surface area contributed by atoms with E-state index in [2.05, 4.69) is 32.6 Å². The van der Waals surface area contributed by atoms with Crippen LogP contribution in [-0.2, 0) is 9.53 Å². The highest BCUT2D eigenvalue weighted by Gasteiger charge is 2.17. The molecule has 0 aromatic carbocycles. The van der Waals surface area contributed by atoms with Crippen LogP contribution in [0.2, 0.25) is 0 Å². The van der Waals surface area contributed by atoms with Gasteiger partial charge in [-0.1, -0.05) is 27.2 Å². The van der Waals surface area contributed by atoms with Crippen molar-refractivity contribution < 1.29 is 9.53 Å². The van der Waals surface area contributed by atoms with Gasteiger partial charge in [0.2, 0.25) is 0 Å². The highest BCUT2D eigenvalue weighted by Crippen LogP contribution is 2.10. The Kier molecular flexibility index (Phi) is 8.26. The van der Waals surface area contributed by atoms with E-state index in [0.29, 0.717) is 18.9 Å². The minimum Gasteiger partial charge on any atom is -0.466 e. The highest BCUT2D eigenvalue weighted by atomic mass is 16.5. The van der Waals surface area contributed by atoms with E-state index < -0.39 is 0 Å².